The molecule has 8 heteroatoms. The summed E-state index contributed by atoms with van der Waals surface area (Å²) in [6.45, 7) is 0.885. The zero-order valence-electron chi connectivity index (χ0n) is 15.3. The summed E-state index contributed by atoms with van der Waals surface area (Å²) in [4.78, 5) is 29.9. The molecule has 0 bridgehead atoms. The van der Waals surface area contributed by atoms with Crippen LogP contribution in [-0.4, -0.2) is 54.2 Å². The fourth-order valence-corrected chi connectivity index (χ4v) is 3.98. The number of hydrogen-bond acceptors (Lipinski definition) is 6. The number of carboxylic acid groups (broad SMARTS) is 1. The molecule has 1 aliphatic heterocycles. The van der Waals surface area contributed by atoms with E-state index < -0.39 is 11.9 Å². The van der Waals surface area contributed by atoms with Crippen LogP contribution in [0.15, 0.2) is 23.6 Å². The summed E-state index contributed by atoms with van der Waals surface area (Å²) in [5.41, 5.74) is 1.58. The molecule has 0 saturated carbocycles. The Morgan fingerprint density at radius 1 is 1.30 bits per heavy atom. The third-order valence-corrected chi connectivity index (χ3v) is 5.58. The zero-order valence-corrected chi connectivity index (χ0v) is 16.1. The number of carbonyl (C=O) groups excluding carboxylic acids is 1. The van der Waals surface area contributed by atoms with Crippen molar-refractivity contribution in [2.24, 2.45) is 5.92 Å². The summed E-state index contributed by atoms with van der Waals surface area (Å²) in [6.07, 6.45) is 1.52. The summed E-state index contributed by atoms with van der Waals surface area (Å²) in [7, 11) is 3.16. The van der Waals surface area contributed by atoms with E-state index in [0.717, 1.165) is 17.0 Å². The highest BCUT2D eigenvalue weighted by atomic mass is 32.1. The van der Waals surface area contributed by atoms with E-state index in [1.807, 2.05) is 23.6 Å². The van der Waals surface area contributed by atoms with Gasteiger partial charge in [0.05, 0.1) is 32.3 Å². The monoisotopic (exact) mass is 390 g/mol. The molecule has 0 unspecified atom stereocenters. The molecule has 1 amide bonds. The van der Waals surface area contributed by atoms with Crippen molar-refractivity contribution in [1.29, 1.82) is 0 Å². The molecular formula is C19H22N2O5S. The Bertz CT molecular complexity index is 835. The normalized spacial score (nSPS) is 16.8. The van der Waals surface area contributed by atoms with E-state index >= 15 is 0 Å². The smallest absolute Gasteiger partial charge is 0.308 e. The van der Waals surface area contributed by atoms with Crippen LogP contribution in [0.4, 0.5) is 0 Å². The zero-order chi connectivity index (χ0) is 19.4. The molecule has 1 atom stereocenters. The van der Waals surface area contributed by atoms with Crippen LogP contribution in [0.25, 0.3) is 10.6 Å². The van der Waals surface area contributed by atoms with E-state index in [2.05, 4.69) is 4.98 Å². The van der Waals surface area contributed by atoms with Crippen LogP contribution in [0.5, 0.6) is 11.5 Å². The number of benzene rings is 1. The molecule has 2 aromatic rings. The van der Waals surface area contributed by atoms with E-state index in [0.29, 0.717) is 30.2 Å². The maximum Gasteiger partial charge on any atom is 0.308 e. The second-order valence-electron chi connectivity index (χ2n) is 6.41. The first-order valence-corrected chi connectivity index (χ1v) is 9.57. The van der Waals surface area contributed by atoms with E-state index in [9.17, 15) is 9.59 Å². The molecule has 27 heavy (non-hydrogen) atoms. The number of amides is 1. The van der Waals surface area contributed by atoms with Crippen LogP contribution < -0.4 is 9.47 Å². The van der Waals surface area contributed by atoms with Crippen LogP contribution >= 0.6 is 11.3 Å². The largest absolute Gasteiger partial charge is 0.493 e. The second kappa shape index (κ2) is 8.39. The fraction of sp³-hybridized carbons (Fsp3) is 0.421. The molecule has 7 nitrogen and oxygen atoms in total. The minimum Gasteiger partial charge on any atom is -0.493 e. The van der Waals surface area contributed by atoms with E-state index in [4.69, 9.17) is 14.6 Å². The Balaban J connectivity index is 1.69. The number of carboxylic acids is 1. The molecule has 0 radical (unpaired) electrons. The minimum absolute atomic E-state index is 0.0786. The number of carbonyl (C=O) groups is 2. The van der Waals surface area contributed by atoms with Crippen molar-refractivity contribution in [1.82, 2.24) is 9.88 Å². The molecule has 0 aliphatic carbocycles. The van der Waals surface area contributed by atoms with Gasteiger partial charge in [0.2, 0.25) is 5.91 Å². The fourth-order valence-electron chi connectivity index (χ4n) is 3.16. The average Bonchev–Trinajstić information content (AvgIpc) is 3.15. The number of ether oxygens (including phenoxy) is 2. The Morgan fingerprint density at radius 2 is 2.07 bits per heavy atom. The van der Waals surface area contributed by atoms with Gasteiger partial charge in [0.15, 0.2) is 11.5 Å². The van der Waals surface area contributed by atoms with Gasteiger partial charge in [0.1, 0.15) is 5.01 Å². The summed E-state index contributed by atoms with van der Waals surface area (Å²) in [5, 5.41) is 11.8. The molecule has 1 N–H and O–H groups in total. The summed E-state index contributed by atoms with van der Waals surface area (Å²) < 4.78 is 10.6. The number of aliphatic carboxylic acids is 1. The van der Waals surface area contributed by atoms with Gasteiger partial charge < -0.3 is 19.5 Å². The average molecular weight is 390 g/mol. The molecular weight excluding hydrogens is 368 g/mol. The maximum absolute atomic E-state index is 12.5. The third-order valence-electron chi connectivity index (χ3n) is 4.64. The number of rotatable bonds is 6. The van der Waals surface area contributed by atoms with Crippen molar-refractivity contribution in [3.63, 3.8) is 0 Å². The van der Waals surface area contributed by atoms with Crippen molar-refractivity contribution in [3.8, 4) is 22.1 Å². The highest BCUT2D eigenvalue weighted by molar-refractivity contribution is 7.13. The first kappa shape index (κ1) is 19.2. The SMILES string of the molecule is COc1ccc(-c2nc(CC(=O)N3CCC[C@@H](C(=O)O)C3)cs2)cc1OC. The summed E-state index contributed by atoms with van der Waals surface area (Å²) in [5.74, 6) is -0.121. The highest BCUT2D eigenvalue weighted by Gasteiger charge is 2.28. The van der Waals surface area contributed by atoms with Crippen LogP contribution in [0.1, 0.15) is 18.5 Å². The highest BCUT2D eigenvalue weighted by Crippen LogP contribution is 2.33. The Morgan fingerprint density at radius 3 is 2.78 bits per heavy atom. The number of piperidine rings is 1. The molecule has 1 aromatic carbocycles. The van der Waals surface area contributed by atoms with Crippen molar-refractivity contribution in [2.75, 3.05) is 27.3 Å². The first-order chi connectivity index (χ1) is 13.0. The van der Waals surface area contributed by atoms with Crippen LogP contribution in [0.2, 0.25) is 0 Å². The van der Waals surface area contributed by atoms with Gasteiger partial charge in [-0.2, -0.15) is 0 Å². The molecule has 3 rings (SSSR count). The lowest BCUT2D eigenvalue weighted by atomic mass is 9.98. The molecule has 1 aromatic heterocycles. The van der Waals surface area contributed by atoms with Crippen LogP contribution in [0.3, 0.4) is 0 Å². The number of aromatic nitrogens is 1. The number of nitrogens with zero attached hydrogens (tertiary/aromatic N) is 2. The Labute approximate surface area is 161 Å². The molecule has 2 heterocycles. The van der Waals surface area contributed by atoms with Gasteiger partial charge in [-0.25, -0.2) is 4.98 Å². The predicted molar refractivity (Wildman–Crippen MR) is 101 cm³/mol. The lowest BCUT2D eigenvalue weighted by Gasteiger charge is -2.30. The Kier molecular flexibility index (Phi) is 5.95. The summed E-state index contributed by atoms with van der Waals surface area (Å²) in [6, 6.07) is 5.57. The second-order valence-corrected chi connectivity index (χ2v) is 7.27. The van der Waals surface area contributed by atoms with Gasteiger partial charge in [-0.3, -0.25) is 9.59 Å². The van der Waals surface area contributed by atoms with Gasteiger partial charge in [-0.1, -0.05) is 0 Å². The van der Waals surface area contributed by atoms with E-state index in [1.165, 1.54) is 11.3 Å². The maximum atomic E-state index is 12.5. The number of hydrogen-bond donors (Lipinski definition) is 1. The third kappa shape index (κ3) is 4.39. The molecule has 1 fully saturated rings. The van der Waals surface area contributed by atoms with Gasteiger partial charge in [-0.15, -0.1) is 11.3 Å². The van der Waals surface area contributed by atoms with E-state index in [1.54, 1.807) is 19.1 Å². The van der Waals surface area contributed by atoms with Crippen molar-refractivity contribution in [2.45, 2.75) is 19.3 Å². The minimum atomic E-state index is -0.836. The molecule has 144 valence electrons. The lowest BCUT2D eigenvalue weighted by Crippen LogP contribution is -2.43. The van der Waals surface area contributed by atoms with Gasteiger partial charge in [0.25, 0.3) is 0 Å². The number of likely N-dealkylation sites (tertiary alicyclic amines) is 1. The van der Waals surface area contributed by atoms with Gasteiger partial charge >= 0.3 is 5.97 Å². The van der Waals surface area contributed by atoms with Crippen LogP contribution in [-0.2, 0) is 16.0 Å². The number of thiazole rings is 1. The molecule has 1 saturated heterocycles. The van der Waals surface area contributed by atoms with Gasteiger partial charge in [0, 0.05) is 24.0 Å². The lowest BCUT2D eigenvalue weighted by molar-refractivity contribution is -0.145. The van der Waals surface area contributed by atoms with Gasteiger partial charge in [-0.05, 0) is 31.0 Å². The van der Waals surface area contributed by atoms with Crippen molar-refractivity contribution < 1.29 is 24.2 Å². The van der Waals surface area contributed by atoms with E-state index in [-0.39, 0.29) is 18.9 Å². The molecule has 1 aliphatic rings. The topological polar surface area (TPSA) is 89.0 Å². The van der Waals surface area contributed by atoms with Crippen molar-refractivity contribution >= 4 is 23.2 Å². The van der Waals surface area contributed by atoms with Crippen molar-refractivity contribution in [3.05, 3.63) is 29.3 Å². The van der Waals surface area contributed by atoms with Crippen LogP contribution in [0, 0.1) is 5.92 Å². The quantitative estimate of drug-likeness (QED) is 0.816. The first-order valence-electron chi connectivity index (χ1n) is 8.69. The number of methoxy groups -OCH3 is 2. The Hall–Kier alpha value is -2.61. The molecule has 0 spiro atoms. The summed E-state index contributed by atoms with van der Waals surface area (Å²) >= 11 is 1.46. The standard InChI is InChI=1S/C19H22N2O5S/c1-25-15-6-5-12(8-16(15)26-2)18-20-14(11-27-18)9-17(22)21-7-3-4-13(10-21)19(23)24/h5-6,8,11,13H,3-4,7,9-10H2,1-2H3,(H,23,24)/t13-/m1/s1. The predicted octanol–water partition coefficient (Wildman–Crippen LogP) is 2.69.